The van der Waals surface area contributed by atoms with E-state index in [9.17, 15) is 0 Å². The Kier molecular flexibility index (Phi) is 9.25. The van der Waals surface area contributed by atoms with E-state index in [1.165, 1.54) is 0 Å². The summed E-state index contributed by atoms with van der Waals surface area (Å²) in [5, 5.41) is 11.1. The van der Waals surface area contributed by atoms with Gasteiger partial charge in [-0.05, 0) is 25.8 Å². The maximum absolute atomic E-state index is 5.51. The monoisotopic (exact) mass is 392 g/mol. The zero-order valence-electron chi connectivity index (χ0n) is 18.7. The van der Waals surface area contributed by atoms with E-state index >= 15 is 0 Å². The number of likely N-dealkylation sites (N-methyl/N-ethyl adjacent to an activating group) is 1. The third-order valence-corrected chi connectivity index (χ3v) is 5.89. The van der Waals surface area contributed by atoms with Crippen molar-refractivity contribution in [2.24, 2.45) is 10.9 Å². The number of hydrogen-bond acceptors (Lipinski definition) is 5. The Morgan fingerprint density at radius 3 is 2.43 bits per heavy atom. The normalized spacial score (nSPS) is 18.1. The van der Waals surface area contributed by atoms with Gasteiger partial charge in [0.2, 0.25) is 0 Å². The van der Waals surface area contributed by atoms with Crippen molar-refractivity contribution in [1.29, 1.82) is 0 Å². The van der Waals surface area contributed by atoms with Crippen LogP contribution < -0.4 is 10.6 Å². The van der Waals surface area contributed by atoms with Crippen LogP contribution in [0.3, 0.4) is 0 Å². The van der Waals surface area contributed by atoms with E-state index in [0.717, 1.165) is 63.0 Å². The zero-order valence-corrected chi connectivity index (χ0v) is 18.7. The second-order valence-corrected chi connectivity index (χ2v) is 8.19. The molecule has 7 nitrogen and oxygen atoms in total. The fourth-order valence-corrected chi connectivity index (χ4v) is 3.84. The zero-order chi connectivity index (χ0) is 20.5. The van der Waals surface area contributed by atoms with Gasteiger partial charge >= 0.3 is 0 Å². The van der Waals surface area contributed by atoms with Crippen LogP contribution in [0.5, 0.6) is 0 Å². The van der Waals surface area contributed by atoms with Gasteiger partial charge in [0.15, 0.2) is 11.7 Å². The Balaban J connectivity index is 1.84. The quantitative estimate of drug-likeness (QED) is 0.497. The van der Waals surface area contributed by atoms with Crippen LogP contribution in [0, 0.1) is 5.92 Å². The van der Waals surface area contributed by atoms with Gasteiger partial charge in [-0.1, -0.05) is 32.9 Å². The predicted octanol–water partition coefficient (Wildman–Crippen LogP) is 2.52. The summed E-state index contributed by atoms with van der Waals surface area (Å²) in [7, 11) is 4.01. The largest absolute Gasteiger partial charge is 0.359 e. The highest BCUT2D eigenvalue weighted by Crippen LogP contribution is 2.22. The van der Waals surface area contributed by atoms with Crippen molar-refractivity contribution >= 4 is 5.96 Å². The van der Waals surface area contributed by atoms with Crippen molar-refractivity contribution in [1.82, 2.24) is 25.6 Å². The highest BCUT2D eigenvalue weighted by Gasteiger charge is 2.25. The molecule has 0 spiro atoms. The van der Waals surface area contributed by atoms with Crippen molar-refractivity contribution in [2.75, 3.05) is 46.8 Å². The van der Waals surface area contributed by atoms with Crippen molar-refractivity contribution in [2.45, 2.75) is 59.0 Å². The Hall–Kier alpha value is -1.60. The maximum atomic E-state index is 5.51. The summed E-state index contributed by atoms with van der Waals surface area (Å²) in [6.45, 7) is 15.0. The molecule has 2 N–H and O–H groups in total. The Morgan fingerprint density at radius 2 is 1.86 bits per heavy atom. The molecule has 1 aliphatic rings. The first-order valence-electron chi connectivity index (χ1n) is 10.8. The molecular formula is C21H40N6O. The molecule has 0 aliphatic carbocycles. The molecular weight excluding hydrogens is 352 g/mol. The molecule has 1 saturated heterocycles. The summed E-state index contributed by atoms with van der Waals surface area (Å²) in [6.07, 6.45) is 2.17. The van der Waals surface area contributed by atoms with E-state index < -0.39 is 0 Å². The van der Waals surface area contributed by atoms with Crippen LogP contribution in [0.4, 0.5) is 0 Å². The van der Waals surface area contributed by atoms with Gasteiger partial charge in [0, 0.05) is 57.8 Å². The third kappa shape index (κ3) is 6.48. The van der Waals surface area contributed by atoms with Gasteiger partial charge < -0.3 is 20.1 Å². The van der Waals surface area contributed by atoms with Gasteiger partial charge in [0.1, 0.15) is 0 Å². The smallest absolute Gasteiger partial charge is 0.191 e. The molecule has 160 valence electrons. The molecule has 0 amide bonds. The van der Waals surface area contributed by atoms with Gasteiger partial charge in [-0.2, -0.15) is 0 Å². The lowest BCUT2D eigenvalue weighted by Gasteiger charge is -2.40. The summed E-state index contributed by atoms with van der Waals surface area (Å²) >= 11 is 0. The minimum absolute atomic E-state index is 0.477. The van der Waals surface area contributed by atoms with Crippen LogP contribution in [0.1, 0.15) is 57.9 Å². The fourth-order valence-electron chi connectivity index (χ4n) is 3.84. The van der Waals surface area contributed by atoms with E-state index in [4.69, 9.17) is 4.52 Å². The minimum Gasteiger partial charge on any atom is -0.359 e. The Labute approximate surface area is 170 Å². The lowest BCUT2D eigenvalue weighted by molar-refractivity contribution is 0.0900. The summed E-state index contributed by atoms with van der Waals surface area (Å²) < 4.78 is 5.51. The number of nitrogens with one attached hydrogen (secondary N) is 2. The van der Waals surface area contributed by atoms with Gasteiger partial charge in [-0.3, -0.25) is 9.89 Å². The molecule has 7 heteroatoms. The average Bonchev–Trinajstić information content (AvgIpc) is 3.15. The molecule has 2 rings (SSSR count). The lowest BCUT2D eigenvalue weighted by atomic mass is 9.99. The number of piperazine rings is 1. The second kappa shape index (κ2) is 11.4. The van der Waals surface area contributed by atoms with Crippen LogP contribution in [0.2, 0.25) is 0 Å². The first-order chi connectivity index (χ1) is 13.5. The molecule has 1 atom stereocenters. The minimum atomic E-state index is 0.477. The van der Waals surface area contributed by atoms with Crippen LogP contribution in [-0.4, -0.2) is 73.8 Å². The van der Waals surface area contributed by atoms with Crippen LogP contribution in [0.25, 0.3) is 0 Å². The molecule has 0 bridgehead atoms. The molecule has 1 aromatic rings. The summed E-state index contributed by atoms with van der Waals surface area (Å²) in [6, 6.07) is 2.57. The van der Waals surface area contributed by atoms with E-state index in [0.29, 0.717) is 24.4 Å². The molecule has 0 radical (unpaired) electrons. The summed E-state index contributed by atoms with van der Waals surface area (Å²) in [5.41, 5.74) is 1.06. The van der Waals surface area contributed by atoms with Crippen LogP contribution >= 0.6 is 0 Å². The molecule has 0 saturated carbocycles. The van der Waals surface area contributed by atoms with Gasteiger partial charge in [-0.25, -0.2) is 0 Å². The molecule has 1 fully saturated rings. The third-order valence-electron chi connectivity index (χ3n) is 5.89. The van der Waals surface area contributed by atoms with Crippen LogP contribution in [-0.2, 0) is 6.54 Å². The number of aromatic nitrogens is 1. The molecule has 0 aromatic carbocycles. The van der Waals surface area contributed by atoms with E-state index in [1.807, 2.05) is 7.05 Å². The van der Waals surface area contributed by atoms with E-state index in [1.54, 1.807) is 0 Å². The lowest BCUT2D eigenvalue weighted by Crippen LogP contribution is -2.55. The highest BCUT2D eigenvalue weighted by molar-refractivity contribution is 5.79. The first-order valence-corrected chi connectivity index (χ1v) is 10.8. The number of guanidine groups is 1. The van der Waals surface area contributed by atoms with Crippen molar-refractivity contribution in [3.63, 3.8) is 0 Å². The number of aliphatic imine (C=N–C) groups is 1. The summed E-state index contributed by atoms with van der Waals surface area (Å²) in [4.78, 5) is 9.37. The first kappa shape index (κ1) is 22.7. The van der Waals surface area contributed by atoms with E-state index in [2.05, 4.69) is 71.4 Å². The highest BCUT2D eigenvalue weighted by atomic mass is 16.5. The maximum Gasteiger partial charge on any atom is 0.191 e. The molecule has 1 aromatic heterocycles. The molecule has 1 unspecified atom stereocenters. The molecule has 2 heterocycles. The standard InChI is InChI=1S/C21H40N6O/c1-7-17(8-2)19-13-18(28-25-19)14-23-21(22-5)24-15-20(16(3)4)27-11-9-26(6)10-12-27/h13,16-17,20H,7-12,14-15H2,1-6H3,(H2,22,23,24). The van der Waals surface area contributed by atoms with Crippen molar-refractivity contribution in [3.8, 4) is 0 Å². The predicted molar refractivity (Wildman–Crippen MR) is 116 cm³/mol. The number of rotatable bonds is 9. The average molecular weight is 393 g/mol. The topological polar surface area (TPSA) is 68.9 Å². The SMILES string of the molecule is CCC(CC)c1cc(CNC(=NC)NCC(C(C)C)N2CCN(C)CC2)on1. The number of hydrogen-bond donors (Lipinski definition) is 2. The molecule has 1 aliphatic heterocycles. The van der Waals surface area contributed by atoms with Crippen molar-refractivity contribution < 1.29 is 4.52 Å². The van der Waals surface area contributed by atoms with E-state index in [-0.39, 0.29) is 0 Å². The van der Waals surface area contributed by atoms with Gasteiger partial charge in [0.25, 0.3) is 0 Å². The Morgan fingerprint density at radius 1 is 1.18 bits per heavy atom. The fraction of sp³-hybridized carbons (Fsp3) is 0.810. The second-order valence-electron chi connectivity index (χ2n) is 8.19. The van der Waals surface area contributed by atoms with Crippen molar-refractivity contribution in [3.05, 3.63) is 17.5 Å². The Bertz CT molecular complexity index is 587. The van der Waals surface area contributed by atoms with Gasteiger partial charge in [0.05, 0.1) is 12.2 Å². The van der Waals surface area contributed by atoms with Crippen LogP contribution in [0.15, 0.2) is 15.6 Å². The molecule has 28 heavy (non-hydrogen) atoms. The summed E-state index contributed by atoms with van der Waals surface area (Å²) in [5.74, 6) is 2.72. The number of nitrogens with zero attached hydrogens (tertiary/aromatic N) is 4. The van der Waals surface area contributed by atoms with Gasteiger partial charge in [-0.15, -0.1) is 0 Å².